The molecule has 1 saturated heterocycles. The second kappa shape index (κ2) is 9.16. The lowest BCUT2D eigenvalue weighted by Crippen LogP contribution is -2.46. The average Bonchev–Trinajstić information content (AvgIpc) is 2.69. The normalized spacial score (nSPS) is 17.9. The lowest BCUT2D eigenvalue weighted by Gasteiger charge is -2.27. The molecule has 1 fully saturated rings. The van der Waals surface area contributed by atoms with Crippen LogP contribution in [-0.4, -0.2) is 68.8 Å². The summed E-state index contributed by atoms with van der Waals surface area (Å²) in [5.41, 5.74) is 4.18. The van der Waals surface area contributed by atoms with Crippen LogP contribution in [0.15, 0.2) is 17.2 Å². The number of rotatable bonds is 6. The van der Waals surface area contributed by atoms with Crippen molar-refractivity contribution in [1.29, 1.82) is 0 Å². The molecule has 0 saturated carbocycles. The summed E-state index contributed by atoms with van der Waals surface area (Å²) in [6.07, 6.45) is 0.850. The molecule has 146 valence electrons. The fourth-order valence-electron chi connectivity index (χ4n) is 3.18. The van der Waals surface area contributed by atoms with Crippen molar-refractivity contribution in [2.24, 2.45) is 5.10 Å². The molecule has 27 heavy (non-hydrogen) atoms. The van der Waals surface area contributed by atoms with Gasteiger partial charge in [-0.1, -0.05) is 11.6 Å². The van der Waals surface area contributed by atoms with Gasteiger partial charge in [-0.05, 0) is 12.1 Å². The Balaban J connectivity index is 1.68. The van der Waals surface area contributed by atoms with Gasteiger partial charge in [0.1, 0.15) is 5.75 Å². The van der Waals surface area contributed by atoms with Crippen LogP contribution in [0.25, 0.3) is 0 Å². The van der Waals surface area contributed by atoms with Crippen LogP contribution in [0.4, 0.5) is 0 Å². The summed E-state index contributed by atoms with van der Waals surface area (Å²) in [5.74, 6) is 0.0319. The van der Waals surface area contributed by atoms with E-state index >= 15 is 0 Å². The topological polar surface area (TPSA) is 95.1 Å². The zero-order chi connectivity index (χ0) is 19.2. The first-order valence-corrected chi connectivity index (χ1v) is 9.41. The molecule has 2 heterocycles. The zero-order valence-corrected chi connectivity index (χ0v) is 16.1. The summed E-state index contributed by atoms with van der Waals surface area (Å²) < 4.78 is 5.43. The second-order valence-corrected chi connectivity index (χ2v) is 6.83. The number of benzene rings is 1. The van der Waals surface area contributed by atoms with Crippen molar-refractivity contribution in [2.45, 2.75) is 12.8 Å². The Morgan fingerprint density at radius 3 is 2.78 bits per heavy atom. The predicted octanol–water partition coefficient (Wildman–Crippen LogP) is 0.598. The molecule has 1 aromatic carbocycles. The first-order chi connectivity index (χ1) is 13.1. The van der Waals surface area contributed by atoms with Crippen LogP contribution in [0.2, 0.25) is 5.02 Å². The van der Waals surface area contributed by atoms with Gasteiger partial charge in [-0.3, -0.25) is 14.5 Å². The van der Waals surface area contributed by atoms with Gasteiger partial charge in [0, 0.05) is 57.7 Å². The van der Waals surface area contributed by atoms with Crippen LogP contribution in [0.3, 0.4) is 0 Å². The number of halogens is 1. The van der Waals surface area contributed by atoms with E-state index in [1.54, 1.807) is 12.1 Å². The molecule has 1 aromatic rings. The number of carbonyl (C=O) groups excluding carboxylic acids is 2. The number of ether oxygens (including phenoxy) is 1. The molecule has 2 aliphatic rings. The van der Waals surface area contributed by atoms with Crippen molar-refractivity contribution in [3.05, 3.63) is 28.3 Å². The summed E-state index contributed by atoms with van der Waals surface area (Å²) in [6, 6.07) is 3.42. The highest BCUT2D eigenvalue weighted by Gasteiger charge is 2.22. The maximum Gasteiger partial charge on any atom is 0.252 e. The van der Waals surface area contributed by atoms with Crippen molar-refractivity contribution in [3.63, 3.8) is 0 Å². The Morgan fingerprint density at radius 1 is 1.33 bits per heavy atom. The van der Waals surface area contributed by atoms with E-state index in [2.05, 4.69) is 26.1 Å². The maximum absolute atomic E-state index is 12.5. The number of hydrogen-bond donors (Lipinski definition) is 3. The van der Waals surface area contributed by atoms with Gasteiger partial charge < -0.3 is 15.4 Å². The fraction of sp³-hybridized carbons (Fsp3) is 0.500. The van der Waals surface area contributed by atoms with Crippen molar-refractivity contribution in [3.8, 4) is 5.75 Å². The number of hydrogen-bond acceptors (Lipinski definition) is 6. The lowest BCUT2D eigenvalue weighted by molar-refractivity contribution is -0.121. The van der Waals surface area contributed by atoms with Crippen LogP contribution < -0.4 is 20.8 Å². The third-order valence-electron chi connectivity index (χ3n) is 4.68. The molecule has 0 unspecified atom stereocenters. The minimum atomic E-state index is -0.237. The average molecular weight is 394 g/mol. The van der Waals surface area contributed by atoms with Gasteiger partial charge in [0.25, 0.3) is 5.91 Å². The summed E-state index contributed by atoms with van der Waals surface area (Å²) in [7, 11) is 1.50. The number of piperazine rings is 1. The Bertz CT molecular complexity index is 747. The molecule has 3 rings (SSSR count). The van der Waals surface area contributed by atoms with E-state index in [4.69, 9.17) is 16.3 Å². The highest BCUT2D eigenvalue weighted by atomic mass is 35.5. The minimum Gasteiger partial charge on any atom is -0.494 e. The molecular weight excluding hydrogens is 370 g/mol. The molecule has 9 heteroatoms. The van der Waals surface area contributed by atoms with Gasteiger partial charge in [-0.25, -0.2) is 5.43 Å². The maximum atomic E-state index is 12.5. The standard InChI is InChI=1S/C18H24ClN5O3/c1-27-17-12(14-4-5-15(25)23-22-14)2-3-13(16(17)19)18(26)21-8-11-24-9-6-20-7-10-24/h2-3,20H,4-11H2,1H3,(H,21,26)(H,23,25). The van der Waals surface area contributed by atoms with Gasteiger partial charge in [0.2, 0.25) is 5.91 Å². The van der Waals surface area contributed by atoms with Crippen LogP contribution in [-0.2, 0) is 4.79 Å². The van der Waals surface area contributed by atoms with Crippen molar-refractivity contribution < 1.29 is 14.3 Å². The molecule has 3 N–H and O–H groups in total. The quantitative estimate of drug-likeness (QED) is 0.657. The molecule has 2 amide bonds. The molecule has 0 atom stereocenters. The van der Waals surface area contributed by atoms with E-state index in [-0.39, 0.29) is 16.8 Å². The molecule has 0 bridgehead atoms. The zero-order valence-electron chi connectivity index (χ0n) is 15.3. The molecule has 0 spiro atoms. The van der Waals surface area contributed by atoms with E-state index in [0.717, 1.165) is 32.7 Å². The van der Waals surface area contributed by atoms with E-state index in [1.807, 2.05) is 0 Å². The van der Waals surface area contributed by atoms with Crippen LogP contribution in [0.1, 0.15) is 28.8 Å². The van der Waals surface area contributed by atoms with Gasteiger partial charge in [0.15, 0.2) is 0 Å². The van der Waals surface area contributed by atoms with E-state index in [1.165, 1.54) is 7.11 Å². The van der Waals surface area contributed by atoms with Crippen molar-refractivity contribution in [1.82, 2.24) is 21.0 Å². The first kappa shape index (κ1) is 19.6. The van der Waals surface area contributed by atoms with Crippen molar-refractivity contribution >= 4 is 29.1 Å². The number of hydrazone groups is 1. The first-order valence-electron chi connectivity index (χ1n) is 9.03. The molecule has 0 aromatic heterocycles. The highest BCUT2D eigenvalue weighted by molar-refractivity contribution is 6.36. The highest BCUT2D eigenvalue weighted by Crippen LogP contribution is 2.33. The SMILES string of the molecule is COc1c(C2=NNC(=O)CC2)ccc(C(=O)NCCN2CCNCC2)c1Cl. The third kappa shape index (κ3) is 4.77. The minimum absolute atomic E-state index is 0.121. The Labute approximate surface area is 163 Å². The molecule has 2 aliphatic heterocycles. The molecule has 0 radical (unpaired) electrons. The second-order valence-electron chi connectivity index (χ2n) is 6.45. The fourth-order valence-corrected chi connectivity index (χ4v) is 3.51. The predicted molar refractivity (Wildman–Crippen MR) is 104 cm³/mol. The summed E-state index contributed by atoms with van der Waals surface area (Å²) in [5, 5.41) is 10.5. The summed E-state index contributed by atoms with van der Waals surface area (Å²) >= 11 is 6.44. The van der Waals surface area contributed by atoms with Crippen LogP contribution >= 0.6 is 11.6 Å². The Hall–Kier alpha value is -2.16. The lowest BCUT2D eigenvalue weighted by atomic mass is 10.0. The third-order valence-corrected chi connectivity index (χ3v) is 5.06. The molecule has 0 aliphatic carbocycles. The number of amides is 2. The van der Waals surface area contributed by atoms with Crippen molar-refractivity contribution in [2.75, 3.05) is 46.4 Å². The number of nitrogens with one attached hydrogen (secondary N) is 3. The van der Waals surface area contributed by atoms with E-state index in [9.17, 15) is 9.59 Å². The molecular formula is C18H24ClN5O3. The van der Waals surface area contributed by atoms with E-state index in [0.29, 0.717) is 42.0 Å². The summed E-state index contributed by atoms with van der Waals surface area (Å²) in [6.45, 7) is 5.27. The van der Waals surface area contributed by atoms with Gasteiger partial charge in [-0.2, -0.15) is 5.10 Å². The number of nitrogens with zero attached hydrogens (tertiary/aromatic N) is 2. The van der Waals surface area contributed by atoms with Gasteiger partial charge in [-0.15, -0.1) is 0 Å². The Morgan fingerprint density at radius 2 is 2.11 bits per heavy atom. The smallest absolute Gasteiger partial charge is 0.252 e. The Kier molecular flexibility index (Phi) is 6.65. The van der Waals surface area contributed by atoms with Gasteiger partial charge in [0.05, 0.1) is 23.4 Å². The van der Waals surface area contributed by atoms with Crippen LogP contribution in [0.5, 0.6) is 5.75 Å². The summed E-state index contributed by atoms with van der Waals surface area (Å²) in [4.78, 5) is 26.1. The van der Waals surface area contributed by atoms with Gasteiger partial charge >= 0.3 is 0 Å². The molecule has 8 nitrogen and oxygen atoms in total. The van der Waals surface area contributed by atoms with E-state index < -0.39 is 0 Å². The number of carbonyl (C=O) groups is 2. The van der Waals surface area contributed by atoms with Crippen LogP contribution in [0, 0.1) is 0 Å². The monoisotopic (exact) mass is 393 g/mol. The number of methoxy groups -OCH3 is 1. The largest absolute Gasteiger partial charge is 0.494 e.